The molecule has 7 heteroatoms. The second kappa shape index (κ2) is 5.84. The van der Waals surface area contributed by atoms with Gasteiger partial charge < -0.3 is 4.74 Å². The maximum absolute atomic E-state index is 11.4. The van der Waals surface area contributed by atoms with Gasteiger partial charge in [0.1, 0.15) is 6.61 Å². The van der Waals surface area contributed by atoms with Gasteiger partial charge in [-0.05, 0) is 28.1 Å². The summed E-state index contributed by atoms with van der Waals surface area (Å²) >= 11 is 4.52. The third-order valence-corrected chi connectivity index (χ3v) is 3.01. The first-order valence-electron chi connectivity index (χ1n) is 3.97. The predicted molar refractivity (Wildman–Crippen MR) is 59.5 cm³/mol. The topological polar surface area (TPSA) is 67.4 Å². The Morgan fingerprint density at radius 2 is 2.20 bits per heavy atom. The molecular weight excluding hydrogens is 284 g/mol. The van der Waals surface area contributed by atoms with Crippen LogP contribution in [0.1, 0.15) is 9.67 Å². The van der Waals surface area contributed by atoms with E-state index in [2.05, 4.69) is 31.5 Å². The zero-order chi connectivity index (χ0) is 11.3. The van der Waals surface area contributed by atoms with Crippen LogP contribution in [0, 0.1) is 0 Å². The number of methoxy groups -OCH3 is 1. The van der Waals surface area contributed by atoms with E-state index in [0.717, 1.165) is 3.79 Å². The first-order chi connectivity index (χ1) is 7.13. The average molecular weight is 293 g/mol. The molecule has 1 aromatic rings. The number of halogens is 1. The van der Waals surface area contributed by atoms with Crippen molar-refractivity contribution < 1.29 is 14.3 Å². The molecule has 5 nitrogen and oxygen atoms in total. The number of thiophene rings is 1. The number of hydrazine groups is 1. The normalized spacial score (nSPS) is 9.73. The summed E-state index contributed by atoms with van der Waals surface area (Å²) in [5, 5.41) is 0. The lowest BCUT2D eigenvalue weighted by Crippen LogP contribution is -2.42. The van der Waals surface area contributed by atoms with E-state index in [4.69, 9.17) is 0 Å². The van der Waals surface area contributed by atoms with Crippen molar-refractivity contribution in [3.05, 3.63) is 20.8 Å². The van der Waals surface area contributed by atoms with Crippen LogP contribution < -0.4 is 10.9 Å². The zero-order valence-electron chi connectivity index (χ0n) is 7.87. The molecule has 1 aromatic heterocycles. The van der Waals surface area contributed by atoms with Crippen LogP contribution in [0.5, 0.6) is 0 Å². The van der Waals surface area contributed by atoms with E-state index < -0.39 is 5.91 Å². The molecule has 0 aromatic carbocycles. The molecule has 0 radical (unpaired) electrons. The lowest BCUT2D eigenvalue weighted by atomic mass is 10.4. The quantitative estimate of drug-likeness (QED) is 0.814. The van der Waals surface area contributed by atoms with Crippen molar-refractivity contribution in [2.75, 3.05) is 13.7 Å². The first-order valence-corrected chi connectivity index (χ1v) is 5.58. The van der Waals surface area contributed by atoms with Crippen molar-refractivity contribution in [1.82, 2.24) is 10.9 Å². The highest BCUT2D eigenvalue weighted by molar-refractivity contribution is 9.11. The van der Waals surface area contributed by atoms with E-state index in [1.54, 1.807) is 12.1 Å². The molecule has 0 saturated heterocycles. The Morgan fingerprint density at radius 1 is 1.47 bits per heavy atom. The van der Waals surface area contributed by atoms with E-state index in [0.29, 0.717) is 4.88 Å². The average Bonchev–Trinajstić information content (AvgIpc) is 2.62. The largest absolute Gasteiger partial charge is 0.375 e. The van der Waals surface area contributed by atoms with Gasteiger partial charge in [0.25, 0.3) is 11.8 Å². The van der Waals surface area contributed by atoms with Crippen molar-refractivity contribution in [1.29, 1.82) is 0 Å². The number of hydrogen-bond acceptors (Lipinski definition) is 4. The molecule has 0 aliphatic rings. The maximum atomic E-state index is 11.4. The molecular formula is C8H9BrN2O3S. The van der Waals surface area contributed by atoms with Gasteiger partial charge in [0.2, 0.25) is 0 Å². The van der Waals surface area contributed by atoms with Gasteiger partial charge in [-0.1, -0.05) is 0 Å². The lowest BCUT2D eigenvalue weighted by molar-refractivity contribution is -0.125. The minimum atomic E-state index is -0.401. The number of carbonyl (C=O) groups excluding carboxylic acids is 2. The van der Waals surface area contributed by atoms with E-state index in [9.17, 15) is 9.59 Å². The van der Waals surface area contributed by atoms with Gasteiger partial charge in [-0.2, -0.15) is 0 Å². The van der Waals surface area contributed by atoms with Crippen molar-refractivity contribution in [3.8, 4) is 0 Å². The highest BCUT2D eigenvalue weighted by atomic mass is 79.9. The summed E-state index contributed by atoms with van der Waals surface area (Å²) in [5.74, 6) is -0.753. The number of rotatable bonds is 3. The van der Waals surface area contributed by atoms with Crippen molar-refractivity contribution in [2.24, 2.45) is 0 Å². The van der Waals surface area contributed by atoms with Gasteiger partial charge >= 0.3 is 0 Å². The molecule has 0 unspecified atom stereocenters. The van der Waals surface area contributed by atoms with Gasteiger partial charge in [0.05, 0.1) is 8.66 Å². The number of ether oxygens (including phenoxy) is 1. The van der Waals surface area contributed by atoms with Gasteiger partial charge in [-0.15, -0.1) is 11.3 Å². The molecule has 1 heterocycles. The molecule has 15 heavy (non-hydrogen) atoms. The molecule has 2 N–H and O–H groups in total. The minimum absolute atomic E-state index is 0.0889. The highest BCUT2D eigenvalue weighted by Crippen LogP contribution is 2.21. The van der Waals surface area contributed by atoms with Crippen LogP contribution in [0.4, 0.5) is 0 Å². The number of hydrogen-bond donors (Lipinski definition) is 2. The molecule has 0 bridgehead atoms. The maximum Gasteiger partial charge on any atom is 0.279 e. The smallest absolute Gasteiger partial charge is 0.279 e. The van der Waals surface area contributed by atoms with Crippen LogP contribution in [-0.4, -0.2) is 25.5 Å². The Labute approximate surface area is 98.9 Å². The second-order valence-corrected chi connectivity index (χ2v) is 5.00. The summed E-state index contributed by atoms with van der Waals surface area (Å²) in [7, 11) is 1.40. The van der Waals surface area contributed by atoms with Gasteiger partial charge in [0.15, 0.2) is 0 Å². The fourth-order valence-electron chi connectivity index (χ4n) is 0.792. The molecule has 0 aliphatic heterocycles. The molecule has 82 valence electrons. The van der Waals surface area contributed by atoms with Crippen LogP contribution in [0.3, 0.4) is 0 Å². The van der Waals surface area contributed by atoms with Crippen molar-refractivity contribution in [3.63, 3.8) is 0 Å². The predicted octanol–water partition coefficient (Wildman–Crippen LogP) is 0.918. The molecule has 0 fully saturated rings. The Balaban J connectivity index is 2.40. The number of nitrogens with one attached hydrogen (secondary N) is 2. The summed E-state index contributed by atoms with van der Waals surface area (Å²) in [4.78, 5) is 22.8. The Hall–Kier alpha value is -0.920. The fourth-order valence-corrected chi connectivity index (χ4v) is 2.07. The summed E-state index contributed by atoms with van der Waals surface area (Å²) < 4.78 is 5.43. The molecule has 2 amide bonds. The SMILES string of the molecule is COCC(=O)NNC(=O)c1ccc(Br)s1. The first kappa shape index (κ1) is 12.2. The molecule has 0 saturated carbocycles. The van der Waals surface area contributed by atoms with Gasteiger partial charge in [-0.3, -0.25) is 20.4 Å². The van der Waals surface area contributed by atoms with E-state index in [1.165, 1.54) is 18.4 Å². The van der Waals surface area contributed by atoms with E-state index >= 15 is 0 Å². The highest BCUT2D eigenvalue weighted by Gasteiger charge is 2.08. The zero-order valence-corrected chi connectivity index (χ0v) is 10.3. The van der Waals surface area contributed by atoms with Crippen LogP contribution in [-0.2, 0) is 9.53 Å². The second-order valence-electron chi connectivity index (χ2n) is 2.54. The van der Waals surface area contributed by atoms with Crippen LogP contribution >= 0.6 is 27.3 Å². The minimum Gasteiger partial charge on any atom is -0.375 e. The number of amides is 2. The summed E-state index contributed by atoms with van der Waals surface area (Å²) in [6, 6.07) is 3.42. The van der Waals surface area contributed by atoms with Crippen LogP contribution in [0.15, 0.2) is 15.9 Å². The van der Waals surface area contributed by atoms with Gasteiger partial charge in [-0.25, -0.2) is 0 Å². The fraction of sp³-hybridized carbons (Fsp3) is 0.250. The van der Waals surface area contributed by atoms with Crippen LogP contribution in [0.2, 0.25) is 0 Å². The van der Waals surface area contributed by atoms with Crippen molar-refractivity contribution in [2.45, 2.75) is 0 Å². The monoisotopic (exact) mass is 292 g/mol. The summed E-state index contributed by atoms with van der Waals surface area (Å²) in [6.45, 7) is -0.0889. The molecule has 1 rings (SSSR count). The lowest BCUT2D eigenvalue weighted by Gasteiger charge is -2.04. The Morgan fingerprint density at radius 3 is 2.73 bits per heavy atom. The van der Waals surface area contributed by atoms with Crippen molar-refractivity contribution >= 4 is 39.1 Å². The standard InChI is InChI=1S/C8H9BrN2O3S/c1-14-4-7(12)10-11-8(13)5-2-3-6(9)15-5/h2-3H,4H2,1H3,(H,10,12)(H,11,13). The molecule has 0 spiro atoms. The third kappa shape index (κ3) is 3.98. The molecule has 0 atom stereocenters. The third-order valence-electron chi connectivity index (χ3n) is 1.39. The summed E-state index contributed by atoms with van der Waals surface area (Å²) in [5.41, 5.74) is 4.49. The molecule has 0 aliphatic carbocycles. The van der Waals surface area contributed by atoms with Crippen LogP contribution in [0.25, 0.3) is 0 Å². The van der Waals surface area contributed by atoms with Gasteiger partial charge in [0, 0.05) is 7.11 Å². The Bertz CT molecular complexity index is 367. The number of carbonyl (C=O) groups is 2. The summed E-state index contributed by atoms with van der Waals surface area (Å²) in [6.07, 6.45) is 0. The Kier molecular flexibility index (Phi) is 4.73. The van der Waals surface area contributed by atoms with E-state index in [-0.39, 0.29) is 12.5 Å². The van der Waals surface area contributed by atoms with E-state index in [1.807, 2.05) is 0 Å².